The van der Waals surface area contributed by atoms with Gasteiger partial charge in [-0.05, 0) is 74.7 Å². The normalized spacial score (nSPS) is 16.0. The molecule has 0 aromatic heterocycles. The monoisotopic (exact) mass is 436 g/mol. The van der Waals surface area contributed by atoms with E-state index in [2.05, 4.69) is 5.32 Å². The van der Waals surface area contributed by atoms with E-state index in [0.29, 0.717) is 42.5 Å². The van der Waals surface area contributed by atoms with E-state index in [0.717, 1.165) is 12.0 Å². The lowest BCUT2D eigenvalue weighted by molar-refractivity contribution is 0.0944. The molecule has 8 heteroatoms. The SMILES string of the molecule is CCOCCCNC(=O)c1ccc2c(c1)C[C@@H](C)N2S(=O)(=O)c1ccc(Cl)cc1. The molecule has 2 aromatic rings. The fourth-order valence-electron chi connectivity index (χ4n) is 3.45. The molecule has 1 N–H and O–H groups in total. The fraction of sp³-hybridized carbons (Fsp3) is 0.381. The minimum atomic E-state index is -3.71. The van der Waals surface area contributed by atoms with Crippen LogP contribution >= 0.6 is 11.6 Å². The fourth-order valence-corrected chi connectivity index (χ4v) is 5.27. The van der Waals surface area contributed by atoms with Gasteiger partial charge in [-0.2, -0.15) is 0 Å². The summed E-state index contributed by atoms with van der Waals surface area (Å²) in [6.07, 6.45) is 1.29. The molecule has 1 aliphatic heterocycles. The third-order valence-electron chi connectivity index (χ3n) is 4.82. The van der Waals surface area contributed by atoms with E-state index >= 15 is 0 Å². The summed E-state index contributed by atoms with van der Waals surface area (Å²) < 4.78 is 33.0. The molecule has 156 valence electrons. The van der Waals surface area contributed by atoms with Gasteiger partial charge in [-0.3, -0.25) is 9.10 Å². The Bertz CT molecular complexity index is 977. The van der Waals surface area contributed by atoms with Crippen molar-refractivity contribution in [3.05, 3.63) is 58.6 Å². The zero-order valence-corrected chi connectivity index (χ0v) is 18.1. The highest BCUT2D eigenvalue weighted by atomic mass is 35.5. The molecule has 0 spiro atoms. The highest BCUT2D eigenvalue weighted by Crippen LogP contribution is 2.37. The molecule has 0 unspecified atom stereocenters. The van der Waals surface area contributed by atoms with Crippen LogP contribution in [0.1, 0.15) is 36.2 Å². The Hall–Kier alpha value is -2.09. The minimum Gasteiger partial charge on any atom is -0.382 e. The topological polar surface area (TPSA) is 75.7 Å². The first kappa shape index (κ1) is 21.6. The number of fused-ring (bicyclic) bond motifs is 1. The zero-order valence-electron chi connectivity index (χ0n) is 16.5. The maximum atomic E-state index is 13.2. The van der Waals surface area contributed by atoms with Crippen molar-refractivity contribution in [1.82, 2.24) is 5.32 Å². The van der Waals surface area contributed by atoms with E-state index in [1.165, 1.54) is 16.4 Å². The van der Waals surface area contributed by atoms with Gasteiger partial charge in [0.05, 0.1) is 10.6 Å². The van der Waals surface area contributed by atoms with Gasteiger partial charge in [-0.15, -0.1) is 0 Å². The first-order valence-corrected chi connectivity index (χ1v) is 11.4. The van der Waals surface area contributed by atoms with Crippen molar-refractivity contribution in [2.24, 2.45) is 0 Å². The largest absolute Gasteiger partial charge is 0.382 e. The Labute approximate surface area is 176 Å². The summed E-state index contributed by atoms with van der Waals surface area (Å²) in [5.74, 6) is -0.170. The van der Waals surface area contributed by atoms with Crippen LogP contribution in [0.3, 0.4) is 0 Å². The van der Waals surface area contributed by atoms with Crippen LogP contribution in [0.5, 0.6) is 0 Å². The number of carbonyl (C=O) groups excluding carboxylic acids is 1. The molecule has 0 fully saturated rings. The van der Waals surface area contributed by atoms with Crippen LogP contribution in [-0.2, 0) is 21.2 Å². The van der Waals surface area contributed by atoms with Crippen LogP contribution in [0.2, 0.25) is 5.02 Å². The van der Waals surface area contributed by atoms with Crippen LogP contribution < -0.4 is 9.62 Å². The highest BCUT2D eigenvalue weighted by Gasteiger charge is 2.36. The molecule has 1 aliphatic rings. The van der Waals surface area contributed by atoms with Crippen molar-refractivity contribution in [2.45, 2.75) is 37.6 Å². The average molecular weight is 437 g/mol. The number of carbonyl (C=O) groups is 1. The lowest BCUT2D eigenvalue weighted by Gasteiger charge is -2.24. The van der Waals surface area contributed by atoms with Gasteiger partial charge < -0.3 is 10.1 Å². The highest BCUT2D eigenvalue weighted by molar-refractivity contribution is 7.92. The third-order valence-corrected chi connectivity index (χ3v) is 7.01. The van der Waals surface area contributed by atoms with Crippen molar-refractivity contribution in [2.75, 3.05) is 24.1 Å². The van der Waals surface area contributed by atoms with E-state index in [1.807, 2.05) is 13.8 Å². The van der Waals surface area contributed by atoms with Crippen molar-refractivity contribution in [1.29, 1.82) is 0 Å². The summed E-state index contributed by atoms with van der Waals surface area (Å²) in [5, 5.41) is 3.35. The van der Waals surface area contributed by atoms with Crippen molar-refractivity contribution in [3.8, 4) is 0 Å². The Morgan fingerprint density at radius 1 is 1.24 bits per heavy atom. The quantitative estimate of drug-likeness (QED) is 0.641. The number of sulfonamides is 1. The summed E-state index contributed by atoms with van der Waals surface area (Å²) in [6.45, 7) is 5.59. The lowest BCUT2D eigenvalue weighted by atomic mass is 10.1. The van der Waals surface area contributed by atoms with Crippen LogP contribution in [0.4, 0.5) is 5.69 Å². The summed E-state index contributed by atoms with van der Waals surface area (Å²) >= 11 is 5.89. The standard InChI is InChI=1S/C21H25ClN2O4S/c1-3-28-12-4-11-23-21(25)16-5-10-20-17(14-16)13-15(2)24(20)29(26,27)19-8-6-18(22)7-9-19/h5-10,14-15H,3-4,11-13H2,1-2H3,(H,23,25)/t15-/m1/s1. The van der Waals surface area contributed by atoms with Gasteiger partial charge in [-0.1, -0.05) is 11.6 Å². The van der Waals surface area contributed by atoms with Gasteiger partial charge in [0, 0.05) is 36.4 Å². The molecule has 0 aliphatic carbocycles. The molecule has 0 radical (unpaired) electrons. The van der Waals surface area contributed by atoms with Crippen LogP contribution in [0.15, 0.2) is 47.4 Å². The molecule has 2 aromatic carbocycles. The van der Waals surface area contributed by atoms with Gasteiger partial charge in [0.1, 0.15) is 0 Å². The number of amides is 1. The Kier molecular flexibility index (Phi) is 6.82. The van der Waals surface area contributed by atoms with Crippen molar-refractivity contribution >= 4 is 33.2 Å². The maximum Gasteiger partial charge on any atom is 0.264 e. The van der Waals surface area contributed by atoms with E-state index < -0.39 is 10.0 Å². The first-order valence-electron chi connectivity index (χ1n) is 9.63. The minimum absolute atomic E-state index is 0.170. The number of hydrogen-bond donors (Lipinski definition) is 1. The van der Waals surface area contributed by atoms with Crippen molar-refractivity contribution < 1.29 is 17.9 Å². The van der Waals surface area contributed by atoms with E-state index in [1.54, 1.807) is 30.3 Å². The third kappa shape index (κ3) is 4.74. The van der Waals surface area contributed by atoms with Gasteiger partial charge in [0.15, 0.2) is 0 Å². The van der Waals surface area contributed by atoms with Gasteiger partial charge in [0.2, 0.25) is 0 Å². The first-order chi connectivity index (χ1) is 13.8. The molecule has 0 saturated heterocycles. The second-order valence-electron chi connectivity index (χ2n) is 6.96. The molecule has 29 heavy (non-hydrogen) atoms. The van der Waals surface area contributed by atoms with Gasteiger partial charge in [-0.25, -0.2) is 8.42 Å². The Morgan fingerprint density at radius 2 is 1.97 bits per heavy atom. The summed E-state index contributed by atoms with van der Waals surface area (Å²) in [7, 11) is -3.71. The average Bonchev–Trinajstić information content (AvgIpc) is 3.03. The number of nitrogens with zero attached hydrogens (tertiary/aromatic N) is 1. The Balaban J connectivity index is 1.78. The molecule has 6 nitrogen and oxygen atoms in total. The number of rotatable bonds is 8. The molecule has 1 atom stereocenters. The van der Waals surface area contributed by atoms with Crippen LogP contribution in [0, 0.1) is 0 Å². The summed E-state index contributed by atoms with van der Waals surface area (Å²) in [4.78, 5) is 12.6. The number of anilines is 1. The number of hydrogen-bond acceptors (Lipinski definition) is 4. The number of nitrogens with one attached hydrogen (secondary N) is 1. The predicted molar refractivity (Wildman–Crippen MR) is 114 cm³/mol. The Morgan fingerprint density at radius 3 is 2.66 bits per heavy atom. The van der Waals surface area contributed by atoms with Crippen LogP contribution in [-0.4, -0.2) is 40.1 Å². The second-order valence-corrected chi connectivity index (χ2v) is 9.21. The molecular formula is C21H25ClN2O4S. The predicted octanol–water partition coefficient (Wildman–Crippen LogP) is 3.64. The van der Waals surface area contributed by atoms with E-state index in [9.17, 15) is 13.2 Å². The smallest absolute Gasteiger partial charge is 0.264 e. The molecule has 0 bridgehead atoms. The lowest BCUT2D eigenvalue weighted by Crippen LogP contribution is -2.35. The number of ether oxygens (including phenoxy) is 1. The van der Waals surface area contributed by atoms with E-state index in [-0.39, 0.29) is 16.8 Å². The molecule has 0 saturated carbocycles. The van der Waals surface area contributed by atoms with Crippen molar-refractivity contribution in [3.63, 3.8) is 0 Å². The van der Waals surface area contributed by atoms with Gasteiger partial charge in [0.25, 0.3) is 15.9 Å². The number of halogens is 1. The summed E-state index contributed by atoms with van der Waals surface area (Å²) in [5.41, 5.74) is 1.98. The molecular weight excluding hydrogens is 412 g/mol. The molecule has 1 heterocycles. The van der Waals surface area contributed by atoms with Crippen LogP contribution in [0.25, 0.3) is 0 Å². The van der Waals surface area contributed by atoms with E-state index in [4.69, 9.17) is 16.3 Å². The second kappa shape index (κ2) is 9.15. The molecule has 3 rings (SSSR count). The summed E-state index contributed by atoms with van der Waals surface area (Å²) in [6, 6.07) is 11.1. The molecule has 1 amide bonds. The maximum absolute atomic E-state index is 13.2. The zero-order chi connectivity index (χ0) is 21.0. The van der Waals surface area contributed by atoms with Gasteiger partial charge >= 0.3 is 0 Å². The number of benzene rings is 2.